The van der Waals surface area contributed by atoms with Gasteiger partial charge in [0.15, 0.2) is 0 Å². The van der Waals surface area contributed by atoms with E-state index in [1.54, 1.807) is 6.26 Å². The Hall–Kier alpha value is -0.840. The molecule has 1 aliphatic rings. The fourth-order valence-electron chi connectivity index (χ4n) is 2.30. The monoisotopic (exact) mass is 238 g/mol. The average Bonchev–Trinajstić information content (AvgIpc) is 2.84. The minimum Gasteiger partial charge on any atom is -0.469 e. The van der Waals surface area contributed by atoms with Crippen molar-refractivity contribution < 1.29 is 9.52 Å². The Morgan fingerprint density at radius 2 is 2.12 bits per heavy atom. The number of rotatable bonds is 5. The van der Waals surface area contributed by atoms with Gasteiger partial charge in [0.1, 0.15) is 5.76 Å². The van der Waals surface area contributed by atoms with Gasteiger partial charge in [-0.05, 0) is 19.2 Å². The second kappa shape index (κ2) is 6.19. The minimum atomic E-state index is 0.229. The highest BCUT2D eigenvalue weighted by Gasteiger charge is 2.18. The topological polar surface area (TPSA) is 39.9 Å². The van der Waals surface area contributed by atoms with Crippen molar-refractivity contribution in [1.29, 1.82) is 0 Å². The fraction of sp³-hybridized carbons (Fsp3) is 0.692. The Morgan fingerprint density at radius 1 is 1.35 bits per heavy atom. The van der Waals surface area contributed by atoms with Crippen molar-refractivity contribution in [2.24, 2.45) is 5.92 Å². The molecule has 17 heavy (non-hydrogen) atoms. The van der Waals surface area contributed by atoms with Gasteiger partial charge >= 0.3 is 0 Å². The van der Waals surface area contributed by atoms with E-state index in [1.807, 2.05) is 12.1 Å². The third-order valence-corrected chi connectivity index (χ3v) is 3.44. The Morgan fingerprint density at radius 3 is 2.71 bits per heavy atom. The summed E-state index contributed by atoms with van der Waals surface area (Å²) >= 11 is 0. The van der Waals surface area contributed by atoms with Gasteiger partial charge in [0.2, 0.25) is 0 Å². The first-order chi connectivity index (χ1) is 8.28. The van der Waals surface area contributed by atoms with E-state index >= 15 is 0 Å². The van der Waals surface area contributed by atoms with E-state index in [1.165, 1.54) is 0 Å². The lowest BCUT2D eigenvalue weighted by molar-refractivity contribution is 0.111. The molecule has 0 aliphatic carbocycles. The molecular weight excluding hydrogens is 216 g/mol. The van der Waals surface area contributed by atoms with Gasteiger partial charge in [-0.2, -0.15) is 0 Å². The van der Waals surface area contributed by atoms with E-state index in [-0.39, 0.29) is 12.5 Å². The van der Waals surface area contributed by atoms with Gasteiger partial charge in [0.05, 0.1) is 6.26 Å². The summed E-state index contributed by atoms with van der Waals surface area (Å²) < 4.78 is 5.33. The summed E-state index contributed by atoms with van der Waals surface area (Å²) in [7, 11) is 2.16. The highest BCUT2D eigenvalue weighted by atomic mass is 16.3. The van der Waals surface area contributed by atoms with Crippen LogP contribution in [-0.2, 0) is 6.42 Å². The molecule has 0 radical (unpaired) electrons. The summed E-state index contributed by atoms with van der Waals surface area (Å²) in [5.74, 6) is 1.25. The second-order valence-corrected chi connectivity index (χ2v) is 4.94. The van der Waals surface area contributed by atoms with Crippen LogP contribution in [0, 0.1) is 5.92 Å². The highest BCUT2D eigenvalue weighted by Crippen LogP contribution is 2.12. The quantitative estimate of drug-likeness (QED) is 0.819. The normalized spacial score (nSPS) is 20.6. The first kappa shape index (κ1) is 12.6. The van der Waals surface area contributed by atoms with E-state index in [0.29, 0.717) is 0 Å². The zero-order chi connectivity index (χ0) is 12.1. The van der Waals surface area contributed by atoms with Crippen LogP contribution in [0.15, 0.2) is 22.8 Å². The van der Waals surface area contributed by atoms with Crippen LogP contribution in [0.4, 0.5) is 0 Å². The van der Waals surface area contributed by atoms with E-state index in [9.17, 15) is 5.11 Å². The second-order valence-electron chi connectivity index (χ2n) is 4.94. The Kier molecular flexibility index (Phi) is 4.59. The van der Waals surface area contributed by atoms with Gasteiger partial charge in [-0.15, -0.1) is 0 Å². The number of piperazine rings is 1. The smallest absolute Gasteiger partial charge is 0.104 e. The molecule has 4 nitrogen and oxygen atoms in total. The summed E-state index contributed by atoms with van der Waals surface area (Å²) in [6, 6.07) is 3.88. The van der Waals surface area contributed by atoms with Gasteiger partial charge in [0.25, 0.3) is 0 Å². The summed E-state index contributed by atoms with van der Waals surface area (Å²) in [4.78, 5) is 4.78. The lowest BCUT2D eigenvalue weighted by Gasteiger charge is -2.34. The van der Waals surface area contributed by atoms with E-state index < -0.39 is 0 Å². The van der Waals surface area contributed by atoms with Gasteiger partial charge in [-0.25, -0.2) is 0 Å². The van der Waals surface area contributed by atoms with Crippen molar-refractivity contribution in [3.8, 4) is 0 Å². The van der Waals surface area contributed by atoms with Crippen molar-refractivity contribution >= 4 is 0 Å². The van der Waals surface area contributed by atoms with Crippen molar-refractivity contribution in [1.82, 2.24) is 9.80 Å². The number of hydrogen-bond donors (Lipinski definition) is 1. The van der Waals surface area contributed by atoms with Gasteiger partial charge in [0, 0.05) is 51.7 Å². The van der Waals surface area contributed by atoms with Crippen molar-refractivity contribution in [3.63, 3.8) is 0 Å². The molecule has 0 aromatic carbocycles. The van der Waals surface area contributed by atoms with Gasteiger partial charge < -0.3 is 19.3 Å². The molecule has 1 aliphatic heterocycles. The molecule has 1 atom stereocenters. The Bertz CT molecular complexity index is 305. The molecule has 1 aromatic heterocycles. The SMILES string of the molecule is CN1CCN(CC(CO)Cc2ccco2)CC1. The van der Waals surface area contributed by atoms with Crippen LogP contribution in [0.1, 0.15) is 5.76 Å². The van der Waals surface area contributed by atoms with Crippen molar-refractivity contribution in [2.75, 3.05) is 46.4 Å². The molecule has 96 valence electrons. The molecule has 4 heteroatoms. The predicted molar refractivity (Wildman–Crippen MR) is 66.9 cm³/mol. The van der Waals surface area contributed by atoms with Crippen LogP contribution < -0.4 is 0 Å². The highest BCUT2D eigenvalue weighted by molar-refractivity contribution is 4.99. The van der Waals surface area contributed by atoms with Crippen LogP contribution in [0.3, 0.4) is 0 Å². The minimum absolute atomic E-state index is 0.229. The molecular formula is C13H22N2O2. The van der Waals surface area contributed by atoms with Gasteiger partial charge in [-0.3, -0.25) is 0 Å². The third-order valence-electron chi connectivity index (χ3n) is 3.44. The van der Waals surface area contributed by atoms with E-state index in [2.05, 4.69) is 16.8 Å². The molecule has 0 bridgehead atoms. The maximum Gasteiger partial charge on any atom is 0.104 e. The van der Waals surface area contributed by atoms with Crippen LogP contribution in [-0.4, -0.2) is 61.3 Å². The lowest BCUT2D eigenvalue weighted by Crippen LogP contribution is -2.46. The van der Waals surface area contributed by atoms with Gasteiger partial charge in [-0.1, -0.05) is 0 Å². The molecule has 1 unspecified atom stereocenters. The maximum atomic E-state index is 9.43. The number of hydrogen-bond acceptors (Lipinski definition) is 4. The molecule has 1 aromatic rings. The van der Waals surface area contributed by atoms with Crippen LogP contribution in [0.25, 0.3) is 0 Å². The van der Waals surface area contributed by atoms with Crippen LogP contribution in [0.2, 0.25) is 0 Å². The molecule has 1 N–H and O–H groups in total. The molecule has 0 spiro atoms. The standard InChI is InChI=1S/C13H22N2O2/c1-14-4-6-15(7-5-14)10-12(11-16)9-13-3-2-8-17-13/h2-3,8,12,16H,4-7,9-11H2,1H3. The van der Waals surface area contributed by atoms with E-state index in [4.69, 9.17) is 4.42 Å². The molecule has 1 fully saturated rings. The summed E-state index contributed by atoms with van der Waals surface area (Å²) in [6.45, 7) is 5.65. The Balaban J connectivity index is 1.79. The molecule has 1 saturated heterocycles. The average molecular weight is 238 g/mol. The first-order valence-electron chi connectivity index (χ1n) is 6.32. The number of aliphatic hydroxyl groups excluding tert-OH is 1. The zero-order valence-electron chi connectivity index (χ0n) is 10.5. The van der Waals surface area contributed by atoms with E-state index in [0.717, 1.165) is 44.9 Å². The number of furan rings is 1. The van der Waals surface area contributed by atoms with Crippen molar-refractivity contribution in [2.45, 2.75) is 6.42 Å². The number of likely N-dealkylation sites (N-methyl/N-ethyl adjacent to an activating group) is 1. The molecule has 0 saturated carbocycles. The predicted octanol–water partition coefficient (Wildman–Crippen LogP) is 0.678. The third kappa shape index (κ3) is 3.84. The first-order valence-corrected chi connectivity index (χ1v) is 6.32. The maximum absolute atomic E-state index is 9.43. The fourth-order valence-corrected chi connectivity index (χ4v) is 2.30. The molecule has 2 heterocycles. The Labute approximate surface area is 103 Å². The summed E-state index contributed by atoms with van der Waals surface area (Å²) in [5.41, 5.74) is 0. The largest absolute Gasteiger partial charge is 0.469 e. The summed E-state index contributed by atoms with van der Waals surface area (Å²) in [6.07, 6.45) is 2.52. The zero-order valence-corrected chi connectivity index (χ0v) is 10.5. The lowest BCUT2D eigenvalue weighted by atomic mass is 10.0. The molecule has 0 amide bonds. The van der Waals surface area contributed by atoms with Crippen molar-refractivity contribution in [3.05, 3.63) is 24.2 Å². The number of aliphatic hydroxyl groups is 1. The van der Waals surface area contributed by atoms with Crippen LogP contribution in [0.5, 0.6) is 0 Å². The summed E-state index contributed by atoms with van der Waals surface area (Å²) in [5, 5.41) is 9.43. The van der Waals surface area contributed by atoms with Crippen LogP contribution >= 0.6 is 0 Å². The molecule has 2 rings (SSSR count). The number of nitrogens with zero attached hydrogens (tertiary/aromatic N) is 2.